The lowest BCUT2D eigenvalue weighted by molar-refractivity contribution is -0.163. The van der Waals surface area contributed by atoms with Gasteiger partial charge in [-0.3, -0.25) is 9.69 Å². The fraction of sp³-hybridized carbons (Fsp3) is 0.240. The summed E-state index contributed by atoms with van der Waals surface area (Å²) in [7, 11) is 0. The van der Waals surface area contributed by atoms with Crippen molar-refractivity contribution in [1.29, 1.82) is 0 Å². The normalized spacial score (nSPS) is 19.2. The zero-order valence-corrected chi connectivity index (χ0v) is 16.1. The maximum atomic E-state index is 12.9. The van der Waals surface area contributed by atoms with Gasteiger partial charge >= 0.3 is 5.97 Å². The summed E-state index contributed by atoms with van der Waals surface area (Å²) in [4.78, 5) is 15.2. The zero-order valence-electron chi connectivity index (χ0n) is 16.1. The molecule has 0 N–H and O–H groups in total. The van der Waals surface area contributed by atoms with Crippen molar-refractivity contribution < 1.29 is 9.53 Å². The second-order valence-electron chi connectivity index (χ2n) is 7.44. The molecule has 1 heterocycles. The summed E-state index contributed by atoms with van der Waals surface area (Å²) >= 11 is 0. The highest BCUT2D eigenvalue weighted by Gasteiger charge is 2.46. The van der Waals surface area contributed by atoms with E-state index < -0.39 is 0 Å². The number of hydrogen-bond donors (Lipinski definition) is 0. The highest BCUT2D eigenvalue weighted by atomic mass is 16.5. The number of ether oxygens (including phenoxy) is 1. The zero-order chi connectivity index (χ0) is 19.3. The van der Waals surface area contributed by atoms with Crippen molar-refractivity contribution in [2.45, 2.75) is 25.6 Å². The van der Waals surface area contributed by atoms with Crippen molar-refractivity contribution in [1.82, 2.24) is 4.90 Å². The van der Waals surface area contributed by atoms with Gasteiger partial charge in [-0.2, -0.15) is 0 Å². The van der Waals surface area contributed by atoms with Crippen LogP contribution in [0.3, 0.4) is 0 Å². The van der Waals surface area contributed by atoms with Gasteiger partial charge < -0.3 is 4.74 Å². The average Bonchev–Trinajstić information content (AvgIpc) is 2.74. The van der Waals surface area contributed by atoms with Gasteiger partial charge in [0.15, 0.2) is 0 Å². The first-order chi connectivity index (χ1) is 13.7. The van der Waals surface area contributed by atoms with Crippen LogP contribution in [0, 0.1) is 5.92 Å². The molecule has 4 rings (SSSR count). The average molecular weight is 371 g/mol. The summed E-state index contributed by atoms with van der Waals surface area (Å²) in [6.07, 6.45) is 0. The summed E-state index contributed by atoms with van der Waals surface area (Å²) in [5, 5.41) is 0. The van der Waals surface area contributed by atoms with Gasteiger partial charge in [-0.25, -0.2) is 0 Å². The molecule has 28 heavy (non-hydrogen) atoms. The first kappa shape index (κ1) is 18.5. The summed E-state index contributed by atoms with van der Waals surface area (Å²) in [6.45, 7) is 3.32. The van der Waals surface area contributed by atoms with Crippen molar-refractivity contribution in [2.75, 3.05) is 6.54 Å². The molecule has 1 fully saturated rings. The lowest BCUT2D eigenvalue weighted by Gasteiger charge is -2.49. The second kappa shape index (κ2) is 8.41. The molecule has 3 heteroatoms. The van der Waals surface area contributed by atoms with E-state index in [9.17, 15) is 4.79 Å². The number of carbonyl (C=O) groups is 1. The van der Waals surface area contributed by atoms with E-state index in [4.69, 9.17) is 4.74 Å². The Kier molecular flexibility index (Phi) is 5.54. The van der Waals surface area contributed by atoms with Crippen LogP contribution in [0.2, 0.25) is 0 Å². The third-order valence-electron chi connectivity index (χ3n) is 5.42. The highest BCUT2D eigenvalue weighted by molar-refractivity contribution is 5.77. The van der Waals surface area contributed by atoms with Crippen LogP contribution in [-0.2, 0) is 16.1 Å². The lowest BCUT2D eigenvalue weighted by atomic mass is 9.84. The van der Waals surface area contributed by atoms with Gasteiger partial charge in [0, 0.05) is 6.54 Å². The fourth-order valence-electron chi connectivity index (χ4n) is 4.03. The number of esters is 1. The number of benzene rings is 3. The summed E-state index contributed by atoms with van der Waals surface area (Å²) < 4.78 is 5.67. The monoisotopic (exact) mass is 371 g/mol. The van der Waals surface area contributed by atoms with Gasteiger partial charge in [-0.1, -0.05) is 97.9 Å². The fourth-order valence-corrected chi connectivity index (χ4v) is 4.03. The SMILES string of the molecule is C[C@H]1CN(C(c2ccccc2)c2ccccc2)[C@H]1C(=O)OCc1ccccc1. The predicted octanol–water partition coefficient (Wildman–Crippen LogP) is 4.84. The molecule has 3 aromatic carbocycles. The molecule has 1 saturated heterocycles. The molecule has 1 aliphatic heterocycles. The quantitative estimate of drug-likeness (QED) is 0.581. The van der Waals surface area contributed by atoms with Crippen LogP contribution in [-0.4, -0.2) is 23.5 Å². The van der Waals surface area contributed by atoms with Crippen LogP contribution >= 0.6 is 0 Å². The smallest absolute Gasteiger partial charge is 0.324 e. The molecule has 0 radical (unpaired) electrons. The van der Waals surface area contributed by atoms with Gasteiger partial charge in [-0.05, 0) is 22.6 Å². The van der Waals surface area contributed by atoms with Crippen LogP contribution in [0.25, 0.3) is 0 Å². The Morgan fingerprint density at radius 2 is 1.39 bits per heavy atom. The van der Waals surface area contributed by atoms with E-state index in [1.165, 1.54) is 11.1 Å². The molecular weight excluding hydrogens is 346 g/mol. The van der Waals surface area contributed by atoms with E-state index in [-0.39, 0.29) is 24.0 Å². The van der Waals surface area contributed by atoms with E-state index in [2.05, 4.69) is 60.4 Å². The lowest BCUT2D eigenvalue weighted by Crippen LogP contribution is -2.60. The second-order valence-corrected chi connectivity index (χ2v) is 7.44. The maximum absolute atomic E-state index is 12.9. The van der Waals surface area contributed by atoms with Crippen molar-refractivity contribution in [3.05, 3.63) is 108 Å². The Balaban J connectivity index is 1.55. The Bertz CT molecular complexity index is 856. The van der Waals surface area contributed by atoms with E-state index in [1.807, 2.05) is 42.5 Å². The van der Waals surface area contributed by atoms with E-state index in [0.29, 0.717) is 6.61 Å². The van der Waals surface area contributed by atoms with E-state index in [1.54, 1.807) is 0 Å². The molecule has 0 aromatic heterocycles. The molecule has 3 aromatic rings. The molecule has 2 atom stereocenters. The molecule has 3 nitrogen and oxygen atoms in total. The molecule has 142 valence electrons. The largest absolute Gasteiger partial charge is 0.460 e. The van der Waals surface area contributed by atoms with E-state index >= 15 is 0 Å². The number of rotatable bonds is 6. The molecule has 0 saturated carbocycles. The number of carbonyl (C=O) groups excluding carboxylic acids is 1. The Morgan fingerprint density at radius 3 is 1.89 bits per heavy atom. The maximum Gasteiger partial charge on any atom is 0.324 e. The summed E-state index contributed by atoms with van der Waals surface area (Å²) in [5.41, 5.74) is 3.40. The molecule has 0 bridgehead atoms. The summed E-state index contributed by atoms with van der Waals surface area (Å²) in [6, 6.07) is 30.4. The number of nitrogens with zero attached hydrogens (tertiary/aromatic N) is 1. The third kappa shape index (κ3) is 3.85. The first-order valence-electron chi connectivity index (χ1n) is 9.80. The molecule has 1 aliphatic rings. The van der Waals surface area contributed by atoms with E-state index in [0.717, 1.165) is 12.1 Å². The number of hydrogen-bond acceptors (Lipinski definition) is 3. The van der Waals surface area contributed by atoms with Crippen LogP contribution < -0.4 is 0 Å². The van der Waals surface area contributed by atoms with Gasteiger partial charge in [0.05, 0.1) is 6.04 Å². The highest BCUT2D eigenvalue weighted by Crippen LogP contribution is 2.39. The predicted molar refractivity (Wildman–Crippen MR) is 111 cm³/mol. The van der Waals surface area contributed by atoms with Crippen molar-refractivity contribution >= 4 is 5.97 Å². The minimum atomic E-state index is -0.228. The Hall–Kier alpha value is -2.91. The minimum absolute atomic E-state index is 0.0490. The topological polar surface area (TPSA) is 29.5 Å². The van der Waals surface area contributed by atoms with Crippen molar-refractivity contribution in [2.24, 2.45) is 5.92 Å². The summed E-state index contributed by atoms with van der Waals surface area (Å²) in [5.74, 6) is 0.137. The first-order valence-corrected chi connectivity index (χ1v) is 9.80. The van der Waals surface area contributed by atoms with Gasteiger partial charge in [0.2, 0.25) is 0 Å². The molecule has 0 unspecified atom stereocenters. The van der Waals surface area contributed by atoms with Crippen molar-refractivity contribution in [3.63, 3.8) is 0 Å². The Morgan fingerprint density at radius 1 is 0.893 bits per heavy atom. The van der Waals surface area contributed by atoms with Crippen LogP contribution in [0.4, 0.5) is 0 Å². The standard InChI is InChI=1S/C25H25NO2/c1-19-17-26(23(19)25(27)28-18-20-11-5-2-6-12-20)24(21-13-7-3-8-14-21)22-15-9-4-10-16-22/h2-16,19,23-24H,17-18H2,1H3/t19-,23+/m0/s1. The van der Waals surface area contributed by atoms with Crippen LogP contribution in [0.1, 0.15) is 29.7 Å². The van der Waals surface area contributed by atoms with Crippen LogP contribution in [0.5, 0.6) is 0 Å². The van der Waals surface area contributed by atoms with Gasteiger partial charge in [-0.15, -0.1) is 0 Å². The molecule has 0 amide bonds. The van der Waals surface area contributed by atoms with Crippen LogP contribution in [0.15, 0.2) is 91.0 Å². The van der Waals surface area contributed by atoms with Crippen molar-refractivity contribution in [3.8, 4) is 0 Å². The Labute approximate surface area is 166 Å². The minimum Gasteiger partial charge on any atom is -0.460 e. The third-order valence-corrected chi connectivity index (χ3v) is 5.42. The number of likely N-dealkylation sites (tertiary alicyclic amines) is 1. The van der Waals surface area contributed by atoms with Gasteiger partial charge in [0.25, 0.3) is 0 Å². The molecular formula is C25H25NO2. The van der Waals surface area contributed by atoms with Gasteiger partial charge in [0.1, 0.15) is 12.6 Å². The molecule has 0 aliphatic carbocycles. The molecule has 0 spiro atoms.